The Morgan fingerprint density at radius 2 is 1.44 bits per heavy atom. The standard InChI is InChI=1S/C36H58BNO3/c1-29(2)18-20-36(28(38)39)21-19-34(10)23(24(36)22-29)12-13-26-33(9)16-15-27(37-40-31(5,6)32(7,8)41-37)30(3,4)25(33)14-17-35(26,34)11/h12,15,24-26H,13-14,16-22H2,1-11H3,(H2,38,39)/t24-,25-,26+,33-,34+,35+,36-/m0/s1. The number of carbonyl (C=O) groups is 1. The van der Waals surface area contributed by atoms with Crippen LogP contribution in [0.2, 0.25) is 0 Å². The highest BCUT2D eigenvalue weighted by molar-refractivity contribution is 6.55. The summed E-state index contributed by atoms with van der Waals surface area (Å²) in [5.41, 5.74) is 9.01. The van der Waals surface area contributed by atoms with Gasteiger partial charge in [-0.2, -0.15) is 0 Å². The number of primary amides is 1. The summed E-state index contributed by atoms with van der Waals surface area (Å²) in [6, 6.07) is 0. The van der Waals surface area contributed by atoms with Crippen molar-refractivity contribution in [3.63, 3.8) is 0 Å². The van der Waals surface area contributed by atoms with Gasteiger partial charge in [-0.3, -0.25) is 4.79 Å². The van der Waals surface area contributed by atoms with Gasteiger partial charge in [-0.05, 0) is 136 Å². The van der Waals surface area contributed by atoms with Crippen LogP contribution in [-0.4, -0.2) is 24.2 Å². The van der Waals surface area contributed by atoms with Crippen LogP contribution in [0.15, 0.2) is 23.2 Å². The molecule has 4 nitrogen and oxygen atoms in total. The van der Waals surface area contributed by atoms with E-state index < -0.39 is 0 Å². The molecule has 0 radical (unpaired) electrons. The highest BCUT2D eigenvalue weighted by atomic mass is 16.7. The molecule has 1 aliphatic heterocycles. The summed E-state index contributed by atoms with van der Waals surface area (Å²) in [7, 11) is -0.266. The number of hydrogen-bond donors (Lipinski definition) is 1. The molecule has 1 amide bonds. The molecule has 0 aromatic carbocycles. The Balaban J connectivity index is 1.38. The molecule has 5 aliphatic carbocycles. The molecule has 228 valence electrons. The first-order chi connectivity index (χ1) is 18.7. The lowest BCUT2D eigenvalue weighted by Gasteiger charge is -2.70. The van der Waals surface area contributed by atoms with Crippen LogP contribution < -0.4 is 5.73 Å². The molecule has 1 saturated heterocycles. The van der Waals surface area contributed by atoms with Crippen molar-refractivity contribution < 1.29 is 14.1 Å². The Labute approximate surface area is 251 Å². The number of fused-ring (bicyclic) bond motifs is 7. The summed E-state index contributed by atoms with van der Waals surface area (Å²) in [5.74, 6) is 1.44. The van der Waals surface area contributed by atoms with Crippen molar-refractivity contribution in [1.82, 2.24) is 0 Å². The van der Waals surface area contributed by atoms with Gasteiger partial charge < -0.3 is 15.0 Å². The maximum atomic E-state index is 13.2. The Morgan fingerprint density at radius 1 is 0.829 bits per heavy atom. The Kier molecular flexibility index (Phi) is 6.25. The minimum Gasteiger partial charge on any atom is -0.400 e. The number of nitrogens with two attached hydrogens (primary N) is 1. The zero-order valence-electron chi connectivity index (χ0n) is 28.1. The van der Waals surface area contributed by atoms with E-state index in [-0.39, 0.29) is 56.7 Å². The van der Waals surface area contributed by atoms with Gasteiger partial charge >= 0.3 is 7.12 Å². The van der Waals surface area contributed by atoms with Crippen molar-refractivity contribution in [3.05, 3.63) is 23.2 Å². The average Bonchev–Trinajstić information content (AvgIpc) is 3.04. The lowest BCUT2D eigenvalue weighted by molar-refractivity contribution is -0.168. The van der Waals surface area contributed by atoms with Crippen LogP contribution in [0.25, 0.3) is 0 Å². The van der Waals surface area contributed by atoms with E-state index in [1.54, 1.807) is 5.57 Å². The maximum Gasteiger partial charge on any atom is 0.490 e. The average molecular weight is 564 g/mol. The van der Waals surface area contributed by atoms with Crippen molar-refractivity contribution in [2.75, 3.05) is 0 Å². The quantitative estimate of drug-likeness (QED) is 0.271. The van der Waals surface area contributed by atoms with Crippen LogP contribution in [0, 0.1) is 50.2 Å². The molecule has 0 aromatic rings. The second kappa shape index (κ2) is 8.55. The number of allylic oxidation sites excluding steroid dienone is 4. The number of amides is 1. The largest absolute Gasteiger partial charge is 0.490 e. The molecule has 1 heterocycles. The molecule has 0 bridgehead atoms. The van der Waals surface area contributed by atoms with Crippen molar-refractivity contribution in [1.29, 1.82) is 0 Å². The van der Waals surface area contributed by atoms with Gasteiger partial charge in [-0.25, -0.2) is 0 Å². The first-order valence-corrected chi connectivity index (χ1v) is 16.7. The van der Waals surface area contributed by atoms with Gasteiger partial charge in [0.1, 0.15) is 0 Å². The highest BCUT2D eigenvalue weighted by Gasteiger charge is 2.69. The van der Waals surface area contributed by atoms with E-state index in [9.17, 15) is 4.79 Å². The van der Waals surface area contributed by atoms with Gasteiger partial charge in [0.2, 0.25) is 5.91 Å². The van der Waals surface area contributed by atoms with Crippen molar-refractivity contribution in [3.8, 4) is 0 Å². The van der Waals surface area contributed by atoms with Crippen LogP contribution in [0.1, 0.15) is 134 Å². The van der Waals surface area contributed by atoms with Crippen molar-refractivity contribution in [2.45, 2.75) is 145 Å². The normalized spacial score (nSPS) is 47.2. The smallest absolute Gasteiger partial charge is 0.400 e. The van der Waals surface area contributed by atoms with Crippen LogP contribution >= 0.6 is 0 Å². The fourth-order valence-electron chi connectivity index (χ4n) is 11.7. The molecular weight excluding hydrogens is 505 g/mol. The van der Waals surface area contributed by atoms with E-state index in [1.807, 2.05) is 0 Å². The van der Waals surface area contributed by atoms with Gasteiger partial charge in [0.05, 0.1) is 16.6 Å². The summed E-state index contributed by atoms with van der Waals surface area (Å²) in [4.78, 5) is 13.2. The Morgan fingerprint density at radius 3 is 2.05 bits per heavy atom. The van der Waals surface area contributed by atoms with Crippen LogP contribution in [0.5, 0.6) is 0 Å². The van der Waals surface area contributed by atoms with Crippen LogP contribution in [0.4, 0.5) is 0 Å². The molecule has 5 heteroatoms. The van der Waals surface area contributed by atoms with Gasteiger partial charge in [0.25, 0.3) is 0 Å². The molecule has 0 unspecified atom stereocenters. The summed E-state index contributed by atoms with van der Waals surface area (Å²) in [6.07, 6.45) is 15.0. The SMILES string of the molecule is CC1(C)CC[C@]2(C(N)=O)CC[C@]3(C)C(=CC[C@@H]4[C@@]5(C)CC=C(B6OC(C)(C)C(C)(C)O6)C(C)(C)[C@@H]5CC[C@]43C)[C@@H]2C1. The van der Waals surface area contributed by atoms with E-state index in [0.29, 0.717) is 17.8 Å². The van der Waals surface area contributed by atoms with Gasteiger partial charge in [-0.1, -0.05) is 66.2 Å². The summed E-state index contributed by atoms with van der Waals surface area (Å²) in [5, 5.41) is 0. The Hall–Kier alpha value is -1.07. The molecule has 4 fully saturated rings. The predicted molar refractivity (Wildman–Crippen MR) is 168 cm³/mol. The van der Waals surface area contributed by atoms with E-state index in [0.717, 1.165) is 44.9 Å². The summed E-state index contributed by atoms with van der Waals surface area (Å²) >= 11 is 0. The van der Waals surface area contributed by atoms with Gasteiger partial charge in [0, 0.05) is 0 Å². The number of carbonyl (C=O) groups excluding carboxylic acids is 1. The van der Waals surface area contributed by atoms with E-state index in [4.69, 9.17) is 15.0 Å². The molecule has 0 spiro atoms. The molecule has 3 saturated carbocycles. The second-order valence-corrected chi connectivity index (χ2v) is 18.4. The monoisotopic (exact) mass is 563 g/mol. The van der Waals surface area contributed by atoms with Gasteiger partial charge in [0.15, 0.2) is 0 Å². The first kappa shape index (κ1) is 30.0. The van der Waals surface area contributed by atoms with E-state index in [2.05, 4.69) is 88.3 Å². The zero-order valence-corrected chi connectivity index (χ0v) is 28.1. The molecule has 7 atom stereocenters. The fourth-order valence-corrected chi connectivity index (χ4v) is 11.7. The van der Waals surface area contributed by atoms with E-state index in [1.165, 1.54) is 18.3 Å². The van der Waals surface area contributed by atoms with Crippen molar-refractivity contribution >= 4 is 13.0 Å². The second-order valence-electron chi connectivity index (χ2n) is 18.4. The fraction of sp³-hybridized carbons (Fsp3) is 0.861. The van der Waals surface area contributed by atoms with Crippen LogP contribution in [-0.2, 0) is 14.1 Å². The van der Waals surface area contributed by atoms with Crippen LogP contribution in [0.3, 0.4) is 0 Å². The van der Waals surface area contributed by atoms with E-state index >= 15 is 0 Å². The third kappa shape index (κ3) is 3.75. The lowest BCUT2D eigenvalue weighted by Crippen LogP contribution is -2.64. The molecular formula is C36H58BNO3. The number of rotatable bonds is 2. The zero-order chi connectivity index (χ0) is 30.2. The summed E-state index contributed by atoms with van der Waals surface area (Å²) in [6.45, 7) is 26.2. The molecule has 0 aromatic heterocycles. The molecule has 41 heavy (non-hydrogen) atoms. The molecule has 6 aliphatic rings. The van der Waals surface area contributed by atoms with Gasteiger partial charge in [-0.15, -0.1) is 0 Å². The topological polar surface area (TPSA) is 61.6 Å². The Bertz CT molecular complexity index is 1200. The minimum absolute atomic E-state index is 0.00146. The summed E-state index contributed by atoms with van der Waals surface area (Å²) < 4.78 is 13.2. The lowest BCUT2D eigenvalue weighted by atomic mass is 9.33. The van der Waals surface area contributed by atoms with Crippen molar-refractivity contribution in [2.24, 2.45) is 56.0 Å². The first-order valence-electron chi connectivity index (χ1n) is 16.7. The molecule has 6 rings (SSSR count). The molecule has 2 N–H and O–H groups in total. The predicted octanol–water partition coefficient (Wildman–Crippen LogP) is 8.44. The third-order valence-corrected chi connectivity index (χ3v) is 15.3. The minimum atomic E-state index is -0.349. The highest BCUT2D eigenvalue weighted by Crippen LogP contribution is 2.75. The third-order valence-electron chi connectivity index (χ3n) is 15.3. The maximum absolute atomic E-state index is 13.2. The number of hydrogen-bond acceptors (Lipinski definition) is 3.